The summed E-state index contributed by atoms with van der Waals surface area (Å²) in [5, 5.41) is 0. The zero-order chi connectivity index (χ0) is 12.4. The average molecular weight is 231 g/mol. The molecule has 1 aromatic carbocycles. The Bertz CT molecular complexity index is 446. The first kappa shape index (κ1) is 11.5. The molecule has 1 atom stereocenters. The van der Waals surface area contributed by atoms with Gasteiger partial charge in [0, 0.05) is 13.0 Å². The Morgan fingerprint density at radius 1 is 1.18 bits per heavy atom. The van der Waals surface area contributed by atoms with Crippen molar-refractivity contribution in [3.05, 3.63) is 35.4 Å². The van der Waals surface area contributed by atoms with Crippen LogP contribution in [0.1, 0.15) is 34.1 Å². The van der Waals surface area contributed by atoms with Gasteiger partial charge in [0.1, 0.15) is 6.29 Å². The molecule has 2 amide bonds. The number of fused-ring (bicyclic) bond motifs is 1. The van der Waals surface area contributed by atoms with E-state index in [-0.39, 0.29) is 17.7 Å². The summed E-state index contributed by atoms with van der Waals surface area (Å²) in [5.41, 5.74) is 0.909. The number of hydrogen-bond donors (Lipinski definition) is 0. The molecule has 0 fully saturated rings. The van der Waals surface area contributed by atoms with Crippen molar-refractivity contribution < 1.29 is 14.4 Å². The van der Waals surface area contributed by atoms with Crippen molar-refractivity contribution in [3.8, 4) is 0 Å². The number of amides is 2. The van der Waals surface area contributed by atoms with Gasteiger partial charge in [0.15, 0.2) is 0 Å². The first-order valence-electron chi connectivity index (χ1n) is 5.54. The maximum atomic E-state index is 12.0. The van der Waals surface area contributed by atoms with E-state index in [0.717, 1.165) is 6.29 Å². The van der Waals surface area contributed by atoms with Gasteiger partial charge in [-0.2, -0.15) is 0 Å². The van der Waals surface area contributed by atoms with E-state index in [2.05, 4.69) is 0 Å². The third-order valence-corrected chi connectivity index (χ3v) is 2.87. The summed E-state index contributed by atoms with van der Waals surface area (Å²) in [4.78, 5) is 35.5. The van der Waals surface area contributed by atoms with Crippen LogP contribution in [0.4, 0.5) is 0 Å². The Morgan fingerprint density at radius 3 is 2.18 bits per heavy atom. The molecule has 0 aromatic heterocycles. The number of aldehydes is 1. The van der Waals surface area contributed by atoms with Crippen LogP contribution in [-0.2, 0) is 4.79 Å². The molecule has 0 saturated carbocycles. The van der Waals surface area contributed by atoms with E-state index in [1.807, 2.05) is 6.92 Å². The molecule has 0 N–H and O–H groups in total. The Balaban J connectivity index is 2.21. The summed E-state index contributed by atoms with van der Waals surface area (Å²) in [6.45, 7) is 2.14. The zero-order valence-electron chi connectivity index (χ0n) is 9.55. The van der Waals surface area contributed by atoms with Crippen LogP contribution in [0.2, 0.25) is 0 Å². The molecule has 4 nitrogen and oxygen atoms in total. The van der Waals surface area contributed by atoms with Gasteiger partial charge in [-0.05, 0) is 18.1 Å². The van der Waals surface area contributed by atoms with E-state index in [1.54, 1.807) is 24.3 Å². The number of imide groups is 1. The largest absolute Gasteiger partial charge is 0.303 e. The number of carbonyl (C=O) groups excluding carboxylic acids is 3. The fraction of sp³-hybridized carbons (Fsp3) is 0.308. The highest BCUT2D eigenvalue weighted by molar-refractivity contribution is 6.21. The monoisotopic (exact) mass is 231 g/mol. The number of benzene rings is 1. The number of rotatable bonds is 4. The molecular weight excluding hydrogens is 218 g/mol. The smallest absolute Gasteiger partial charge is 0.261 e. The summed E-state index contributed by atoms with van der Waals surface area (Å²) in [5.74, 6) is -0.526. The molecule has 0 aliphatic carbocycles. The normalized spacial score (nSPS) is 15.9. The van der Waals surface area contributed by atoms with Crippen molar-refractivity contribution in [1.29, 1.82) is 0 Å². The Labute approximate surface area is 99.2 Å². The summed E-state index contributed by atoms with van der Waals surface area (Å²) < 4.78 is 0. The summed E-state index contributed by atoms with van der Waals surface area (Å²) in [6, 6.07) is 6.78. The van der Waals surface area contributed by atoms with Gasteiger partial charge in [-0.25, -0.2) is 0 Å². The zero-order valence-corrected chi connectivity index (χ0v) is 9.55. The minimum absolute atomic E-state index is 0.00490. The van der Waals surface area contributed by atoms with Crippen LogP contribution in [0.5, 0.6) is 0 Å². The van der Waals surface area contributed by atoms with Crippen molar-refractivity contribution in [2.75, 3.05) is 6.54 Å². The molecule has 0 bridgehead atoms. The topological polar surface area (TPSA) is 54.5 Å². The Hall–Kier alpha value is -1.97. The van der Waals surface area contributed by atoms with Crippen molar-refractivity contribution in [1.82, 2.24) is 4.90 Å². The van der Waals surface area contributed by atoms with Gasteiger partial charge in [0.2, 0.25) is 0 Å². The molecule has 1 aromatic rings. The lowest BCUT2D eigenvalue weighted by Crippen LogP contribution is -2.33. The molecule has 1 aliphatic heterocycles. The molecule has 0 spiro atoms. The van der Waals surface area contributed by atoms with Crippen LogP contribution in [-0.4, -0.2) is 29.5 Å². The van der Waals surface area contributed by atoms with E-state index in [0.29, 0.717) is 24.1 Å². The van der Waals surface area contributed by atoms with Crippen LogP contribution in [0, 0.1) is 5.92 Å². The molecular formula is C13H13NO3. The van der Waals surface area contributed by atoms with E-state index in [1.165, 1.54) is 4.90 Å². The van der Waals surface area contributed by atoms with E-state index in [9.17, 15) is 14.4 Å². The van der Waals surface area contributed by atoms with Crippen LogP contribution >= 0.6 is 0 Å². The van der Waals surface area contributed by atoms with Crippen LogP contribution in [0.15, 0.2) is 24.3 Å². The van der Waals surface area contributed by atoms with Gasteiger partial charge in [-0.3, -0.25) is 14.5 Å². The Kier molecular flexibility index (Phi) is 3.04. The standard InChI is InChI=1S/C13H13NO3/c1-9(6-7-15)8-14-12(16)10-4-2-3-5-11(10)13(14)17/h2-5,7,9H,6,8H2,1H3. The highest BCUT2D eigenvalue weighted by Gasteiger charge is 2.35. The lowest BCUT2D eigenvalue weighted by Gasteiger charge is -2.17. The van der Waals surface area contributed by atoms with Crippen LogP contribution in [0.25, 0.3) is 0 Å². The second-order valence-electron chi connectivity index (χ2n) is 4.27. The minimum Gasteiger partial charge on any atom is -0.303 e. The highest BCUT2D eigenvalue weighted by atomic mass is 16.2. The van der Waals surface area contributed by atoms with E-state index < -0.39 is 0 Å². The number of nitrogens with zero attached hydrogens (tertiary/aromatic N) is 1. The molecule has 1 aliphatic rings. The third-order valence-electron chi connectivity index (χ3n) is 2.87. The quantitative estimate of drug-likeness (QED) is 0.583. The maximum absolute atomic E-state index is 12.0. The van der Waals surface area contributed by atoms with Crippen molar-refractivity contribution in [3.63, 3.8) is 0 Å². The number of carbonyl (C=O) groups is 3. The van der Waals surface area contributed by atoms with Crippen molar-refractivity contribution >= 4 is 18.1 Å². The summed E-state index contributed by atoms with van der Waals surface area (Å²) in [7, 11) is 0. The van der Waals surface area contributed by atoms with Gasteiger partial charge in [0.25, 0.3) is 11.8 Å². The predicted molar refractivity (Wildman–Crippen MR) is 61.7 cm³/mol. The van der Waals surface area contributed by atoms with Gasteiger partial charge < -0.3 is 4.79 Å². The lowest BCUT2D eigenvalue weighted by molar-refractivity contribution is -0.108. The van der Waals surface area contributed by atoms with Crippen LogP contribution in [0.3, 0.4) is 0 Å². The first-order valence-corrected chi connectivity index (χ1v) is 5.54. The van der Waals surface area contributed by atoms with Gasteiger partial charge in [-0.15, -0.1) is 0 Å². The molecule has 17 heavy (non-hydrogen) atoms. The Morgan fingerprint density at radius 2 is 1.71 bits per heavy atom. The SMILES string of the molecule is CC(CC=O)CN1C(=O)c2ccccc2C1=O. The molecule has 88 valence electrons. The molecule has 0 radical (unpaired) electrons. The fourth-order valence-corrected chi connectivity index (χ4v) is 1.96. The first-order chi connectivity index (χ1) is 8.15. The highest BCUT2D eigenvalue weighted by Crippen LogP contribution is 2.23. The predicted octanol–water partition coefficient (Wildman–Crippen LogP) is 1.51. The van der Waals surface area contributed by atoms with E-state index in [4.69, 9.17) is 0 Å². The molecule has 1 heterocycles. The average Bonchev–Trinajstić information content (AvgIpc) is 2.56. The molecule has 2 rings (SSSR count). The molecule has 0 saturated heterocycles. The molecule has 4 heteroatoms. The van der Waals surface area contributed by atoms with Gasteiger partial charge in [0.05, 0.1) is 11.1 Å². The van der Waals surface area contributed by atoms with Gasteiger partial charge in [-0.1, -0.05) is 19.1 Å². The second kappa shape index (κ2) is 4.49. The summed E-state index contributed by atoms with van der Waals surface area (Å²) in [6.07, 6.45) is 1.16. The van der Waals surface area contributed by atoms with Crippen molar-refractivity contribution in [2.24, 2.45) is 5.92 Å². The van der Waals surface area contributed by atoms with Crippen molar-refractivity contribution in [2.45, 2.75) is 13.3 Å². The second-order valence-corrected chi connectivity index (χ2v) is 4.27. The summed E-state index contributed by atoms with van der Waals surface area (Å²) >= 11 is 0. The van der Waals surface area contributed by atoms with Crippen LogP contribution < -0.4 is 0 Å². The maximum Gasteiger partial charge on any atom is 0.261 e. The number of hydrogen-bond acceptors (Lipinski definition) is 3. The third kappa shape index (κ3) is 1.98. The van der Waals surface area contributed by atoms with Gasteiger partial charge >= 0.3 is 0 Å². The van der Waals surface area contributed by atoms with E-state index >= 15 is 0 Å². The lowest BCUT2D eigenvalue weighted by atomic mass is 10.1. The fourth-order valence-electron chi connectivity index (χ4n) is 1.96. The molecule has 1 unspecified atom stereocenters. The minimum atomic E-state index is -0.261.